The fourth-order valence-corrected chi connectivity index (χ4v) is 4.31. The molecule has 9 heteroatoms. The second-order valence-electron chi connectivity index (χ2n) is 8.07. The number of ketones is 1. The van der Waals surface area contributed by atoms with Crippen LogP contribution in [0.5, 0.6) is 0 Å². The first kappa shape index (κ1) is 21.0. The third-order valence-corrected chi connectivity index (χ3v) is 6.02. The van der Waals surface area contributed by atoms with Crippen molar-refractivity contribution in [1.82, 2.24) is 19.6 Å². The molecule has 2 saturated heterocycles. The average Bonchev–Trinajstić information content (AvgIpc) is 3.34. The molecule has 2 aliphatic rings. The Kier molecular flexibility index (Phi) is 6.01. The van der Waals surface area contributed by atoms with Gasteiger partial charge in [-0.15, -0.1) is 0 Å². The third-order valence-electron chi connectivity index (χ3n) is 6.02. The van der Waals surface area contributed by atoms with E-state index >= 15 is 0 Å². The van der Waals surface area contributed by atoms with E-state index in [9.17, 15) is 18.8 Å². The number of nitrogen functional groups attached to an aromatic ring is 1. The van der Waals surface area contributed by atoms with Crippen molar-refractivity contribution >= 4 is 23.4 Å². The van der Waals surface area contributed by atoms with Crippen molar-refractivity contribution in [2.45, 2.75) is 44.6 Å². The van der Waals surface area contributed by atoms with Crippen LogP contribution in [0.25, 0.3) is 5.69 Å². The molecule has 2 aliphatic heterocycles. The first-order chi connectivity index (χ1) is 15.0. The van der Waals surface area contributed by atoms with E-state index in [0.717, 1.165) is 19.3 Å². The molecule has 2 aromatic rings. The summed E-state index contributed by atoms with van der Waals surface area (Å²) in [7, 11) is 0. The number of Topliss-reactive ketones (excluding diaryl/α,β-unsaturated/α-hetero) is 1. The number of carbonyl (C=O) groups excluding carboxylic acids is 3. The number of likely N-dealkylation sites (tertiary alicyclic amines) is 2. The van der Waals surface area contributed by atoms with Crippen LogP contribution in [-0.4, -0.2) is 62.9 Å². The molecule has 2 fully saturated rings. The van der Waals surface area contributed by atoms with E-state index in [1.807, 2.05) is 0 Å². The molecular weight excluding hydrogens is 401 g/mol. The SMILES string of the molecule is Nc1c(C(=O)C2CCCN2C(=O)CN2CCCCCC2=O)cnn1-c1ccc(F)cc1. The van der Waals surface area contributed by atoms with Crippen LogP contribution in [0.2, 0.25) is 0 Å². The molecule has 0 aliphatic carbocycles. The van der Waals surface area contributed by atoms with Crippen molar-refractivity contribution in [3.8, 4) is 5.69 Å². The summed E-state index contributed by atoms with van der Waals surface area (Å²) in [5, 5.41) is 4.18. The number of nitrogens with zero attached hydrogens (tertiary/aromatic N) is 4. The number of carbonyl (C=O) groups is 3. The minimum Gasteiger partial charge on any atom is -0.383 e. The van der Waals surface area contributed by atoms with Crippen LogP contribution in [0.15, 0.2) is 30.5 Å². The van der Waals surface area contributed by atoms with Crippen LogP contribution in [0.3, 0.4) is 0 Å². The summed E-state index contributed by atoms with van der Waals surface area (Å²) in [6.07, 6.45) is 5.83. The van der Waals surface area contributed by atoms with Gasteiger partial charge in [-0.3, -0.25) is 14.4 Å². The molecule has 0 spiro atoms. The largest absolute Gasteiger partial charge is 0.383 e. The highest BCUT2D eigenvalue weighted by atomic mass is 19.1. The molecule has 3 heterocycles. The molecule has 31 heavy (non-hydrogen) atoms. The molecule has 164 valence electrons. The van der Waals surface area contributed by atoms with Crippen LogP contribution in [0.1, 0.15) is 48.9 Å². The summed E-state index contributed by atoms with van der Waals surface area (Å²) in [5.74, 6) is -0.709. The van der Waals surface area contributed by atoms with Crippen LogP contribution < -0.4 is 5.73 Å². The lowest BCUT2D eigenvalue weighted by atomic mass is 10.0. The van der Waals surface area contributed by atoms with E-state index in [1.54, 1.807) is 9.80 Å². The first-order valence-corrected chi connectivity index (χ1v) is 10.7. The first-order valence-electron chi connectivity index (χ1n) is 10.7. The number of rotatable bonds is 5. The zero-order chi connectivity index (χ0) is 22.0. The molecule has 8 nitrogen and oxygen atoms in total. The topological polar surface area (TPSA) is 102 Å². The molecule has 2 amide bonds. The van der Waals surface area contributed by atoms with E-state index in [0.29, 0.717) is 38.0 Å². The Bertz CT molecular complexity index is 988. The average molecular weight is 427 g/mol. The molecule has 2 N–H and O–H groups in total. The highest BCUT2D eigenvalue weighted by molar-refractivity contribution is 6.05. The van der Waals surface area contributed by atoms with Gasteiger partial charge in [0.15, 0.2) is 5.78 Å². The molecule has 0 radical (unpaired) electrons. The Morgan fingerprint density at radius 2 is 1.87 bits per heavy atom. The van der Waals surface area contributed by atoms with Crippen molar-refractivity contribution in [3.63, 3.8) is 0 Å². The van der Waals surface area contributed by atoms with Gasteiger partial charge < -0.3 is 15.5 Å². The van der Waals surface area contributed by atoms with Crippen molar-refractivity contribution in [2.75, 3.05) is 25.4 Å². The van der Waals surface area contributed by atoms with Gasteiger partial charge >= 0.3 is 0 Å². The fraction of sp³-hybridized carbons (Fsp3) is 0.455. The smallest absolute Gasteiger partial charge is 0.242 e. The van der Waals surface area contributed by atoms with E-state index in [1.165, 1.54) is 35.1 Å². The lowest BCUT2D eigenvalue weighted by Gasteiger charge is -2.27. The highest BCUT2D eigenvalue weighted by Crippen LogP contribution is 2.26. The third kappa shape index (κ3) is 4.30. The van der Waals surface area contributed by atoms with E-state index in [2.05, 4.69) is 5.10 Å². The predicted molar refractivity (Wildman–Crippen MR) is 112 cm³/mol. The summed E-state index contributed by atoms with van der Waals surface area (Å²) in [6, 6.07) is 5.01. The molecular formula is C22H26FN5O3. The van der Waals surface area contributed by atoms with Gasteiger partial charge in [-0.25, -0.2) is 9.07 Å². The van der Waals surface area contributed by atoms with Crippen molar-refractivity contribution in [1.29, 1.82) is 0 Å². The monoisotopic (exact) mass is 427 g/mol. The normalized spacial score (nSPS) is 19.5. The lowest BCUT2D eigenvalue weighted by molar-refractivity contribution is -0.140. The Morgan fingerprint density at radius 3 is 2.65 bits per heavy atom. The maximum atomic E-state index is 13.2. The van der Waals surface area contributed by atoms with E-state index in [-0.39, 0.29) is 41.3 Å². The van der Waals surface area contributed by atoms with Crippen LogP contribution in [0.4, 0.5) is 10.2 Å². The predicted octanol–water partition coefficient (Wildman–Crippen LogP) is 2.17. The summed E-state index contributed by atoms with van der Waals surface area (Å²) in [6.45, 7) is 1.06. The van der Waals surface area contributed by atoms with E-state index < -0.39 is 6.04 Å². The molecule has 0 saturated carbocycles. The zero-order valence-corrected chi connectivity index (χ0v) is 17.3. The Labute approximate surface area is 179 Å². The number of amides is 2. The summed E-state index contributed by atoms with van der Waals surface area (Å²) in [4.78, 5) is 41.6. The van der Waals surface area contributed by atoms with Gasteiger partial charge in [-0.2, -0.15) is 5.10 Å². The van der Waals surface area contributed by atoms with Gasteiger partial charge in [0.1, 0.15) is 11.6 Å². The van der Waals surface area contributed by atoms with Gasteiger partial charge in [0.25, 0.3) is 0 Å². The van der Waals surface area contributed by atoms with Gasteiger partial charge in [0.05, 0.1) is 30.0 Å². The maximum absolute atomic E-state index is 13.2. The van der Waals surface area contributed by atoms with Crippen LogP contribution in [0, 0.1) is 5.82 Å². The van der Waals surface area contributed by atoms with Crippen LogP contribution >= 0.6 is 0 Å². The zero-order valence-electron chi connectivity index (χ0n) is 17.3. The number of anilines is 1. The molecule has 4 rings (SSSR count). The van der Waals surface area contributed by atoms with Crippen molar-refractivity contribution in [2.24, 2.45) is 0 Å². The summed E-state index contributed by atoms with van der Waals surface area (Å²) >= 11 is 0. The van der Waals surface area contributed by atoms with Gasteiger partial charge in [0.2, 0.25) is 11.8 Å². The molecule has 0 bridgehead atoms. The fourth-order valence-electron chi connectivity index (χ4n) is 4.31. The van der Waals surface area contributed by atoms with Gasteiger partial charge in [-0.05, 0) is 49.9 Å². The minimum atomic E-state index is -0.622. The standard InChI is InChI=1S/C22H26FN5O3/c23-15-7-9-16(10-8-15)28-22(24)17(13-25-28)21(31)18-5-4-12-27(18)20(30)14-26-11-3-1-2-6-19(26)29/h7-10,13,18H,1-6,11-12,14,24H2. The van der Waals surface area contributed by atoms with Gasteiger partial charge in [0, 0.05) is 19.5 Å². The number of benzene rings is 1. The van der Waals surface area contributed by atoms with Gasteiger partial charge in [-0.1, -0.05) is 6.42 Å². The molecule has 1 aromatic heterocycles. The summed E-state index contributed by atoms with van der Waals surface area (Å²) < 4.78 is 14.6. The number of hydrogen-bond donors (Lipinski definition) is 1. The molecule has 1 aromatic carbocycles. The number of halogens is 1. The minimum absolute atomic E-state index is 0.00209. The number of hydrogen-bond acceptors (Lipinski definition) is 5. The Balaban J connectivity index is 1.49. The second-order valence-corrected chi connectivity index (χ2v) is 8.07. The maximum Gasteiger partial charge on any atom is 0.242 e. The second kappa shape index (κ2) is 8.87. The Morgan fingerprint density at radius 1 is 1.10 bits per heavy atom. The highest BCUT2D eigenvalue weighted by Gasteiger charge is 2.37. The summed E-state index contributed by atoms with van der Waals surface area (Å²) in [5.41, 5.74) is 6.95. The Hall–Kier alpha value is -3.23. The quantitative estimate of drug-likeness (QED) is 0.737. The molecule has 1 unspecified atom stereocenters. The molecule has 1 atom stereocenters. The van der Waals surface area contributed by atoms with Crippen molar-refractivity contribution in [3.05, 3.63) is 41.8 Å². The number of aromatic nitrogens is 2. The van der Waals surface area contributed by atoms with Crippen molar-refractivity contribution < 1.29 is 18.8 Å². The lowest BCUT2D eigenvalue weighted by Crippen LogP contribution is -2.47. The van der Waals surface area contributed by atoms with Crippen LogP contribution in [-0.2, 0) is 9.59 Å². The number of nitrogens with two attached hydrogens (primary N) is 1. The van der Waals surface area contributed by atoms with E-state index in [4.69, 9.17) is 5.73 Å².